The van der Waals surface area contributed by atoms with E-state index in [9.17, 15) is 0 Å². The average Bonchev–Trinajstić information content (AvgIpc) is 3.06. The van der Waals surface area contributed by atoms with Crippen LogP contribution < -0.4 is 9.47 Å². The van der Waals surface area contributed by atoms with Gasteiger partial charge in [-0.3, -0.25) is 0 Å². The smallest absolute Gasteiger partial charge is 0.161 e. The van der Waals surface area contributed by atoms with Crippen molar-refractivity contribution in [3.05, 3.63) is 23.3 Å². The summed E-state index contributed by atoms with van der Waals surface area (Å²) in [6, 6.07) is 3.70. The molecule has 1 unspecified atom stereocenters. The number of ether oxygens (including phenoxy) is 3. The molecule has 0 spiro atoms. The highest BCUT2D eigenvalue weighted by Gasteiger charge is 2.43. The van der Waals surface area contributed by atoms with E-state index in [1.54, 1.807) is 20.3 Å². The van der Waals surface area contributed by atoms with E-state index in [1.165, 1.54) is 0 Å². The molecule has 1 heterocycles. The highest BCUT2D eigenvalue weighted by molar-refractivity contribution is 5.55. The van der Waals surface area contributed by atoms with Crippen molar-refractivity contribution in [2.45, 2.75) is 12.5 Å². The summed E-state index contributed by atoms with van der Waals surface area (Å²) in [6.07, 6.45) is 5.49. The Morgan fingerprint density at radius 1 is 1.31 bits per heavy atom. The molecule has 1 aromatic carbocycles. The molecule has 3 heteroatoms. The number of epoxide rings is 1. The molecule has 16 heavy (non-hydrogen) atoms. The maximum absolute atomic E-state index is 5.49. The molecule has 1 saturated heterocycles. The minimum Gasteiger partial charge on any atom is -0.493 e. The zero-order valence-corrected chi connectivity index (χ0v) is 9.66. The number of benzene rings is 1. The Kier molecular flexibility index (Phi) is 2.53. The van der Waals surface area contributed by atoms with Gasteiger partial charge in [-0.05, 0) is 19.1 Å². The van der Waals surface area contributed by atoms with Crippen LogP contribution in [-0.2, 0) is 10.3 Å². The lowest BCUT2D eigenvalue weighted by Crippen LogP contribution is -2.06. The SMILES string of the molecule is C#Cc1cc(OC)c(OC)cc1C1(C)CO1. The van der Waals surface area contributed by atoms with Gasteiger partial charge in [-0.25, -0.2) is 0 Å². The van der Waals surface area contributed by atoms with Gasteiger partial charge in [0.1, 0.15) is 5.60 Å². The lowest BCUT2D eigenvalue weighted by molar-refractivity contribution is 0.324. The highest BCUT2D eigenvalue weighted by atomic mass is 16.6. The van der Waals surface area contributed by atoms with E-state index in [1.807, 2.05) is 13.0 Å². The van der Waals surface area contributed by atoms with E-state index < -0.39 is 0 Å². The van der Waals surface area contributed by atoms with Gasteiger partial charge in [-0.15, -0.1) is 6.42 Å². The molecule has 3 nitrogen and oxygen atoms in total. The van der Waals surface area contributed by atoms with Crippen molar-refractivity contribution in [2.24, 2.45) is 0 Å². The highest BCUT2D eigenvalue weighted by Crippen LogP contribution is 2.43. The molecule has 0 N–H and O–H groups in total. The van der Waals surface area contributed by atoms with Gasteiger partial charge < -0.3 is 14.2 Å². The predicted molar refractivity (Wildman–Crippen MR) is 60.8 cm³/mol. The number of hydrogen-bond acceptors (Lipinski definition) is 3. The minimum atomic E-state index is -0.263. The molecule has 0 radical (unpaired) electrons. The first-order valence-corrected chi connectivity index (χ1v) is 5.01. The standard InChI is InChI=1S/C13H14O3/c1-5-9-6-11(14-3)12(15-4)7-10(9)13(2)8-16-13/h1,6-7H,8H2,2-4H3. The molecule has 1 aliphatic rings. The van der Waals surface area contributed by atoms with Crippen LogP contribution in [0.25, 0.3) is 0 Å². The van der Waals surface area contributed by atoms with Gasteiger partial charge in [0.15, 0.2) is 11.5 Å². The van der Waals surface area contributed by atoms with Crippen LogP contribution in [0.1, 0.15) is 18.1 Å². The van der Waals surface area contributed by atoms with Crippen molar-refractivity contribution in [3.63, 3.8) is 0 Å². The summed E-state index contributed by atoms with van der Waals surface area (Å²) in [4.78, 5) is 0. The van der Waals surface area contributed by atoms with Gasteiger partial charge in [0, 0.05) is 11.1 Å². The lowest BCUT2D eigenvalue weighted by atomic mass is 9.96. The summed E-state index contributed by atoms with van der Waals surface area (Å²) in [5.41, 5.74) is 1.51. The second-order valence-corrected chi connectivity index (χ2v) is 3.92. The van der Waals surface area contributed by atoms with Crippen molar-refractivity contribution in [1.29, 1.82) is 0 Å². The summed E-state index contributed by atoms with van der Waals surface area (Å²) in [6.45, 7) is 2.70. The van der Waals surface area contributed by atoms with Crippen LogP contribution in [0.15, 0.2) is 12.1 Å². The van der Waals surface area contributed by atoms with Crippen LogP contribution in [0.2, 0.25) is 0 Å². The van der Waals surface area contributed by atoms with Gasteiger partial charge >= 0.3 is 0 Å². The summed E-state index contributed by atoms with van der Waals surface area (Å²) < 4.78 is 15.9. The summed E-state index contributed by atoms with van der Waals surface area (Å²) in [7, 11) is 3.19. The first-order valence-electron chi connectivity index (χ1n) is 5.01. The van der Waals surface area contributed by atoms with Crippen molar-refractivity contribution in [2.75, 3.05) is 20.8 Å². The summed E-state index contributed by atoms with van der Waals surface area (Å²) in [5, 5.41) is 0. The van der Waals surface area contributed by atoms with E-state index >= 15 is 0 Å². The fraction of sp³-hybridized carbons (Fsp3) is 0.385. The van der Waals surface area contributed by atoms with Crippen LogP contribution in [0, 0.1) is 12.3 Å². The van der Waals surface area contributed by atoms with E-state index in [0.29, 0.717) is 18.1 Å². The van der Waals surface area contributed by atoms with E-state index in [-0.39, 0.29) is 5.60 Å². The Morgan fingerprint density at radius 2 is 1.88 bits per heavy atom. The monoisotopic (exact) mass is 218 g/mol. The first-order chi connectivity index (χ1) is 7.64. The van der Waals surface area contributed by atoms with E-state index in [0.717, 1.165) is 11.1 Å². The molecule has 1 aromatic rings. The minimum absolute atomic E-state index is 0.263. The molecule has 84 valence electrons. The molecule has 0 amide bonds. The van der Waals surface area contributed by atoms with Crippen LogP contribution >= 0.6 is 0 Å². The lowest BCUT2D eigenvalue weighted by Gasteiger charge is -2.14. The number of rotatable bonds is 3. The van der Waals surface area contributed by atoms with E-state index in [2.05, 4.69) is 5.92 Å². The predicted octanol–water partition coefficient (Wildman–Crippen LogP) is 1.93. The Hall–Kier alpha value is -1.66. The summed E-state index contributed by atoms with van der Waals surface area (Å²) in [5.74, 6) is 3.97. The molecule has 1 aliphatic heterocycles. The fourth-order valence-corrected chi connectivity index (χ4v) is 1.70. The maximum Gasteiger partial charge on any atom is 0.161 e. The molecule has 0 aromatic heterocycles. The normalized spacial score (nSPS) is 22.4. The Morgan fingerprint density at radius 3 is 2.31 bits per heavy atom. The Bertz CT molecular complexity index is 453. The van der Waals surface area contributed by atoms with Gasteiger partial charge in [0.05, 0.1) is 20.8 Å². The van der Waals surface area contributed by atoms with E-state index in [4.69, 9.17) is 20.6 Å². The second-order valence-electron chi connectivity index (χ2n) is 3.92. The summed E-state index contributed by atoms with van der Waals surface area (Å²) >= 11 is 0. The quantitative estimate of drug-likeness (QED) is 0.573. The van der Waals surface area contributed by atoms with Crippen LogP contribution in [0.3, 0.4) is 0 Å². The molecular formula is C13H14O3. The third-order valence-electron chi connectivity index (χ3n) is 2.83. The molecule has 2 rings (SSSR count). The Balaban J connectivity index is 2.56. The number of methoxy groups -OCH3 is 2. The fourth-order valence-electron chi connectivity index (χ4n) is 1.70. The Labute approximate surface area is 95.3 Å². The second kappa shape index (κ2) is 3.73. The van der Waals surface area contributed by atoms with Crippen LogP contribution in [0.4, 0.5) is 0 Å². The third-order valence-corrected chi connectivity index (χ3v) is 2.83. The van der Waals surface area contributed by atoms with Gasteiger partial charge in [0.25, 0.3) is 0 Å². The zero-order chi connectivity index (χ0) is 11.8. The molecule has 0 saturated carbocycles. The maximum atomic E-state index is 5.49. The number of terminal acetylenes is 1. The first kappa shape index (κ1) is 10.8. The van der Waals surface area contributed by atoms with Crippen molar-refractivity contribution < 1.29 is 14.2 Å². The van der Waals surface area contributed by atoms with Gasteiger partial charge in [0.2, 0.25) is 0 Å². The zero-order valence-electron chi connectivity index (χ0n) is 9.66. The van der Waals surface area contributed by atoms with Crippen LogP contribution in [-0.4, -0.2) is 20.8 Å². The van der Waals surface area contributed by atoms with Crippen molar-refractivity contribution >= 4 is 0 Å². The molecule has 0 aliphatic carbocycles. The molecule has 0 bridgehead atoms. The van der Waals surface area contributed by atoms with Gasteiger partial charge in [-0.2, -0.15) is 0 Å². The van der Waals surface area contributed by atoms with Crippen LogP contribution in [0.5, 0.6) is 11.5 Å². The molecule has 1 fully saturated rings. The van der Waals surface area contributed by atoms with Crippen molar-refractivity contribution in [3.8, 4) is 23.8 Å². The largest absolute Gasteiger partial charge is 0.493 e. The number of hydrogen-bond donors (Lipinski definition) is 0. The van der Waals surface area contributed by atoms with Gasteiger partial charge in [-0.1, -0.05) is 5.92 Å². The average molecular weight is 218 g/mol. The topological polar surface area (TPSA) is 31.0 Å². The molecule has 1 atom stereocenters. The molecular weight excluding hydrogens is 204 g/mol. The third kappa shape index (κ3) is 1.62. The van der Waals surface area contributed by atoms with Crippen molar-refractivity contribution in [1.82, 2.24) is 0 Å².